The van der Waals surface area contributed by atoms with E-state index in [4.69, 9.17) is 4.74 Å². The van der Waals surface area contributed by atoms with Gasteiger partial charge in [0.2, 0.25) is 11.9 Å². The van der Waals surface area contributed by atoms with Gasteiger partial charge in [-0.2, -0.15) is 0 Å². The van der Waals surface area contributed by atoms with E-state index >= 15 is 0 Å². The molecule has 1 amide bonds. The van der Waals surface area contributed by atoms with Crippen molar-refractivity contribution in [3.63, 3.8) is 0 Å². The van der Waals surface area contributed by atoms with Crippen LogP contribution >= 0.6 is 0 Å². The average Bonchev–Trinajstić information content (AvgIpc) is 3.32. The molecule has 5 aliphatic carbocycles. The van der Waals surface area contributed by atoms with Gasteiger partial charge in [0.05, 0.1) is 17.3 Å². The molecule has 1 heterocycles. The SMILES string of the molecule is Cc1ccnc(NC(=O)[C@@]23CC[C@]4(C)C(CCC5[C@@]6(C)CC[C@H](OC(=O)CC(C)(C)C(=O)O)C(C)(C)C6CC[C@]54C)C2=C(C(C)C)C(=O)C3)n1. The first-order chi connectivity index (χ1) is 23.1. The molecule has 4 saturated carbocycles. The highest BCUT2D eigenvalue weighted by Crippen LogP contribution is 2.76. The van der Waals surface area contributed by atoms with Crippen molar-refractivity contribution in [3.05, 3.63) is 29.1 Å². The molecular weight excluding hydrogens is 630 g/mol. The number of esters is 1. The van der Waals surface area contributed by atoms with Crippen LogP contribution in [0.5, 0.6) is 0 Å². The number of hydrogen-bond donors (Lipinski definition) is 2. The number of allylic oxidation sites excluding steroid dienone is 1. The quantitative estimate of drug-likeness (QED) is 0.274. The van der Waals surface area contributed by atoms with Gasteiger partial charge in [0.1, 0.15) is 6.10 Å². The first-order valence-corrected chi connectivity index (χ1v) is 19.0. The van der Waals surface area contributed by atoms with Crippen LogP contribution in [0.1, 0.15) is 132 Å². The maximum absolute atomic E-state index is 14.4. The topological polar surface area (TPSA) is 136 Å². The van der Waals surface area contributed by atoms with Crippen molar-refractivity contribution in [2.24, 2.45) is 56.2 Å². The zero-order chi connectivity index (χ0) is 36.8. The molecule has 0 spiro atoms. The number of carboxylic acid groups (broad SMARTS) is 1. The molecule has 9 nitrogen and oxygen atoms in total. The molecule has 6 rings (SSSR count). The molecule has 274 valence electrons. The van der Waals surface area contributed by atoms with Crippen LogP contribution in [0.2, 0.25) is 0 Å². The third-order valence-electron chi connectivity index (χ3n) is 15.3. The predicted molar refractivity (Wildman–Crippen MR) is 191 cm³/mol. The lowest BCUT2D eigenvalue weighted by atomic mass is 9.33. The number of aromatic nitrogens is 2. The third-order valence-corrected chi connectivity index (χ3v) is 15.3. The molecule has 0 saturated heterocycles. The Balaban J connectivity index is 1.31. The van der Waals surface area contributed by atoms with Crippen LogP contribution in [0.25, 0.3) is 0 Å². The van der Waals surface area contributed by atoms with E-state index in [-0.39, 0.29) is 64.1 Å². The number of carboxylic acids is 1. The van der Waals surface area contributed by atoms with E-state index in [2.05, 4.69) is 63.8 Å². The summed E-state index contributed by atoms with van der Waals surface area (Å²) in [5.74, 6) is -0.225. The highest BCUT2D eigenvalue weighted by atomic mass is 16.5. The number of rotatable bonds is 7. The number of nitrogens with zero attached hydrogens (tertiary/aromatic N) is 2. The fourth-order valence-electron chi connectivity index (χ4n) is 12.4. The van der Waals surface area contributed by atoms with Gasteiger partial charge >= 0.3 is 11.9 Å². The Morgan fingerprint density at radius 1 is 0.980 bits per heavy atom. The summed E-state index contributed by atoms with van der Waals surface area (Å²) in [5, 5.41) is 12.6. The number of aliphatic carboxylic acids is 1. The van der Waals surface area contributed by atoms with Crippen LogP contribution in [0.3, 0.4) is 0 Å². The number of hydrogen-bond acceptors (Lipinski definition) is 7. The van der Waals surface area contributed by atoms with Crippen LogP contribution < -0.4 is 5.32 Å². The largest absolute Gasteiger partial charge is 0.481 e. The van der Waals surface area contributed by atoms with E-state index in [1.54, 1.807) is 26.1 Å². The first-order valence-electron chi connectivity index (χ1n) is 19.0. The summed E-state index contributed by atoms with van der Waals surface area (Å²) in [6.45, 7) is 21.2. The summed E-state index contributed by atoms with van der Waals surface area (Å²) in [4.78, 5) is 61.9. The number of aryl methyl sites for hydroxylation is 1. The van der Waals surface area contributed by atoms with E-state index in [1.807, 2.05) is 6.92 Å². The summed E-state index contributed by atoms with van der Waals surface area (Å²) in [7, 11) is 0. The minimum atomic E-state index is -1.17. The van der Waals surface area contributed by atoms with Crippen molar-refractivity contribution in [2.75, 3.05) is 5.32 Å². The van der Waals surface area contributed by atoms with Gasteiger partial charge in [-0.3, -0.25) is 24.5 Å². The summed E-state index contributed by atoms with van der Waals surface area (Å²) in [6.07, 6.45) is 8.70. The van der Waals surface area contributed by atoms with Crippen molar-refractivity contribution in [1.29, 1.82) is 0 Å². The molecule has 0 aromatic carbocycles. The lowest BCUT2D eigenvalue weighted by molar-refractivity contribution is -0.233. The second-order valence-corrected chi connectivity index (χ2v) is 19.0. The normalized spacial score (nSPS) is 37.7. The molecule has 8 atom stereocenters. The van der Waals surface area contributed by atoms with E-state index in [9.17, 15) is 24.3 Å². The molecule has 5 aliphatic rings. The Labute approximate surface area is 298 Å². The maximum atomic E-state index is 14.4. The van der Waals surface area contributed by atoms with Gasteiger partial charge in [-0.15, -0.1) is 0 Å². The lowest BCUT2D eigenvalue weighted by Crippen LogP contribution is -2.66. The average molecular weight is 690 g/mol. The zero-order valence-corrected chi connectivity index (χ0v) is 32.0. The second kappa shape index (κ2) is 12.0. The molecule has 1 aromatic rings. The molecule has 9 heteroatoms. The Kier molecular flexibility index (Phi) is 8.79. The molecule has 0 radical (unpaired) electrons. The summed E-state index contributed by atoms with van der Waals surface area (Å²) >= 11 is 0. The number of amides is 1. The number of ketones is 1. The van der Waals surface area contributed by atoms with Crippen molar-refractivity contribution in [3.8, 4) is 0 Å². The lowest BCUT2D eigenvalue weighted by Gasteiger charge is -2.72. The molecule has 1 aromatic heterocycles. The molecule has 4 fully saturated rings. The highest BCUT2D eigenvalue weighted by Gasteiger charge is 2.71. The van der Waals surface area contributed by atoms with E-state index in [0.717, 1.165) is 61.8 Å². The van der Waals surface area contributed by atoms with Gasteiger partial charge in [0, 0.05) is 23.7 Å². The summed E-state index contributed by atoms with van der Waals surface area (Å²) < 4.78 is 6.14. The summed E-state index contributed by atoms with van der Waals surface area (Å²) in [6, 6.07) is 1.80. The number of nitrogens with one attached hydrogen (secondary N) is 1. The van der Waals surface area contributed by atoms with Crippen LogP contribution in [-0.2, 0) is 23.9 Å². The Morgan fingerprint density at radius 3 is 2.32 bits per heavy atom. The number of carbonyl (C=O) groups is 4. The van der Waals surface area contributed by atoms with Crippen LogP contribution in [0.4, 0.5) is 5.95 Å². The molecule has 2 N–H and O–H groups in total. The molecule has 50 heavy (non-hydrogen) atoms. The van der Waals surface area contributed by atoms with Crippen LogP contribution in [0, 0.1) is 63.1 Å². The third kappa shape index (κ3) is 5.29. The fraction of sp³-hybridized carbons (Fsp3) is 0.756. The number of Topliss-reactive ketones (excluding diaryl/α,β-unsaturated/α-hetero) is 1. The van der Waals surface area contributed by atoms with Crippen molar-refractivity contribution >= 4 is 29.6 Å². The number of anilines is 1. The van der Waals surface area contributed by atoms with E-state index in [0.29, 0.717) is 24.2 Å². The highest BCUT2D eigenvalue weighted by molar-refractivity contribution is 6.09. The first kappa shape index (κ1) is 36.7. The Morgan fingerprint density at radius 2 is 1.68 bits per heavy atom. The number of carbonyl (C=O) groups excluding carboxylic acids is 3. The molecular formula is C41H59N3O6. The molecule has 0 bridgehead atoms. The van der Waals surface area contributed by atoms with Gasteiger partial charge in [0.15, 0.2) is 5.78 Å². The van der Waals surface area contributed by atoms with Crippen molar-refractivity contribution in [2.45, 2.75) is 140 Å². The van der Waals surface area contributed by atoms with E-state index < -0.39 is 22.8 Å². The van der Waals surface area contributed by atoms with E-state index in [1.165, 1.54) is 0 Å². The predicted octanol–water partition coefficient (Wildman–Crippen LogP) is 8.12. The minimum absolute atomic E-state index is 0.00467. The molecule has 0 aliphatic heterocycles. The van der Waals surface area contributed by atoms with Gasteiger partial charge in [0.25, 0.3) is 0 Å². The number of fused-ring (bicyclic) bond motifs is 7. The maximum Gasteiger partial charge on any atom is 0.309 e. The Bertz CT molecular complexity index is 1650. The van der Waals surface area contributed by atoms with Crippen LogP contribution in [-0.4, -0.2) is 44.8 Å². The van der Waals surface area contributed by atoms with Gasteiger partial charge < -0.3 is 9.84 Å². The minimum Gasteiger partial charge on any atom is -0.481 e. The fourth-order valence-corrected chi connectivity index (χ4v) is 12.4. The summed E-state index contributed by atoms with van der Waals surface area (Å²) in [5.41, 5.74) is 0.364. The monoisotopic (exact) mass is 689 g/mol. The number of ether oxygens (including phenoxy) is 1. The van der Waals surface area contributed by atoms with Crippen molar-refractivity contribution in [1.82, 2.24) is 9.97 Å². The smallest absolute Gasteiger partial charge is 0.309 e. The van der Waals surface area contributed by atoms with Crippen LogP contribution in [0.15, 0.2) is 23.4 Å². The Hall–Kier alpha value is -3.10. The van der Waals surface area contributed by atoms with Gasteiger partial charge in [-0.25, -0.2) is 9.97 Å². The van der Waals surface area contributed by atoms with Gasteiger partial charge in [-0.1, -0.05) is 48.5 Å². The van der Waals surface area contributed by atoms with Crippen molar-refractivity contribution < 1.29 is 29.0 Å². The standard InChI is InChI=1S/C41H59N3O6/c1-23(2)31-26(45)21-41(33(47)44-35-42-20-15-24(3)43-35)19-18-39(9)25(32(31)41)11-12-28-38(8)16-14-29(50-30(46)22-36(4,5)34(48)49)37(6,7)27(38)13-17-40(28,39)10/h15,20,23,25,27-29H,11-14,16-19,21-22H2,1-10H3,(H,48,49)(H,42,43,44,47)/t25?,27?,28?,29-,38-,39+,40+,41+/m0/s1. The van der Waals surface area contributed by atoms with Gasteiger partial charge in [-0.05, 0) is 129 Å². The zero-order valence-electron chi connectivity index (χ0n) is 32.0. The second-order valence-electron chi connectivity index (χ2n) is 19.0. The molecule has 3 unspecified atom stereocenters.